The van der Waals surface area contributed by atoms with E-state index in [2.05, 4.69) is 11.6 Å². The van der Waals surface area contributed by atoms with Gasteiger partial charge < -0.3 is 0 Å². The van der Waals surface area contributed by atoms with Gasteiger partial charge in [-0.1, -0.05) is 31.5 Å². The average Bonchev–Trinajstić information content (AvgIpc) is 2.36. The van der Waals surface area contributed by atoms with Gasteiger partial charge in [0.25, 0.3) is 0 Å². The molecule has 1 aromatic carbocycles. The van der Waals surface area contributed by atoms with Crippen LogP contribution in [0.5, 0.6) is 0 Å². The summed E-state index contributed by atoms with van der Waals surface area (Å²) in [6.45, 7) is 2.64. The van der Waals surface area contributed by atoms with Crippen LogP contribution in [-0.2, 0) is 16.4 Å². The predicted octanol–water partition coefficient (Wildman–Crippen LogP) is 1.55. The minimum atomic E-state index is -3.27. The Kier molecular flexibility index (Phi) is 2.80. The van der Waals surface area contributed by atoms with E-state index < -0.39 is 10.0 Å². The molecular weight excluding hydrogens is 210 g/mol. The Hall–Kier alpha value is -0.870. The van der Waals surface area contributed by atoms with Crippen molar-refractivity contribution in [2.45, 2.75) is 24.7 Å². The molecule has 15 heavy (non-hydrogen) atoms. The summed E-state index contributed by atoms with van der Waals surface area (Å²) in [5.41, 5.74) is 0.939. The maximum atomic E-state index is 11.8. The molecule has 0 amide bonds. The van der Waals surface area contributed by atoms with E-state index in [4.69, 9.17) is 0 Å². The van der Waals surface area contributed by atoms with Crippen molar-refractivity contribution in [3.05, 3.63) is 29.8 Å². The maximum Gasteiger partial charge on any atom is 0.240 e. The molecule has 0 saturated carbocycles. The Labute approximate surface area is 90.6 Å². The van der Waals surface area contributed by atoms with Crippen molar-refractivity contribution in [3.63, 3.8) is 0 Å². The fourth-order valence-electron chi connectivity index (χ4n) is 1.91. The first kappa shape index (κ1) is 10.6. The minimum absolute atomic E-state index is 0.406. The van der Waals surface area contributed by atoms with E-state index in [0.717, 1.165) is 18.4 Å². The van der Waals surface area contributed by atoms with Gasteiger partial charge in [0.2, 0.25) is 10.0 Å². The second kappa shape index (κ2) is 3.94. The smallest absolute Gasteiger partial charge is 0.211 e. The van der Waals surface area contributed by atoms with Gasteiger partial charge in [-0.15, -0.1) is 0 Å². The summed E-state index contributed by atoms with van der Waals surface area (Å²) < 4.78 is 26.3. The number of nitrogens with one attached hydrogen (secondary N) is 1. The molecule has 0 aliphatic carbocycles. The number of hydrogen-bond donors (Lipinski definition) is 1. The zero-order valence-electron chi connectivity index (χ0n) is 8.73. The molecular formula is C11H15NO2S. The summed E-state index contributed by atoms with van der Waals surface area (Å²) in [7, 11) is -3.27. The third-order valence-electron chi connectivity index (χ3n) is 2.91. The van der Waals surface area contributed by atoms with Gasteiger partial charge in [0.05, 0.1) is 4.90 Å². The summed E-state index contributed by atoms with van der Waals surface area (Å²) in [6.07, 6.45) is 1.84. The Bertz CT molecular complexity index is 453. The van der Waals surface area contributed by atoms with Gasteiger partial charge in [-0.25, -0.2) is 13.1 Å². The van der Waals surface area contributed by atoms with Crippen LogP contribution in [0.4, 0.5) is 0 Å². The molecule has 82 valence electrons. The van der Waals surface area contributed by atoms with E-state index in [0.29, 0.717) is 17.4 Å². The first-order valence-corrected chi connectivity index (χ1v) is 6.69. The van der Waals surface area contributed by atoms with Crippen LogP contribution in [0.15, 0.2) is 29.2 Å². The molecule has 0 bridgehead atoms. The standard InChI is InChI=1S/C11H15NO2S/c1-2-9-7-10-5-3-4-6-11(10)15(13,14)12-8-9/h3-6,9,12H,2,7-8H2,1H3/t9-/m1/s1. The molecule has 0 aromatic heterocycles. The summed E-state index contributed by atoms with van der Waals surface area (Å²) in [5, 5.41) is 0. The van der Waals surface area contributed by atoms with E-state index in [1.54, 1.807) is 12.1 Å². The van der Waals surface area contributed by atoms with E-state index in [1.807, 2.05) is 12.1 Å². The molecule has 0 spiro atoms. The van der Waals surface area contributed by atoms with E-state index >= 15 is 0 Å². The third kappa shape index (κ3) is 2.06. The highest BCUT2D eigenvalue weighted by atomic mass is 32.2. The number of benzene rings is 1. The van der Waals surface area contributed by atoms with Gasteiger partial charge in [0.15, 0.2) is 0 Å². The summed E-state index contributed by atoms with van der Waals surface area (Å²) in [5.74, 6) is 0.406. The molecule has 0 saturated heterocycles. The molecule has 0 radical (unpaired) electrons. The topological polar surface area (TPSA) is 46.2 Å². The molecule has 4 heteroatoms. The highest BCUT2D eigenvalue weighted by Crippen LogP contribution is 2.23. The summed E-state index contributed by atoms with van der Waals surface area (Å²) in [4.78, 5) is 0.445. The van der Waals surface area contributed by atoms with Gasteiger partial charge in [-0.05, 0) is 24.0 Å². The lowest BCUT2D eigenvalue weighted by molar-refractivity contribution is 0.499. The van der Waals surface area contributed by atoms with E-state index in [9.17, 15) is 8.42 Å². The third-order valence-corrected chi connectivity index (χ3v) is 4.43. The van der Waals surface area contributed by atoms with Crippen molar-refractivity contribution in [2.75, 3.05) is 6.54 Å². The molecule has 2 rings (SSSR count). The lowest BCUT2D eigenvalue weighted by Crippen LogP contribution is -2.26. The molecule has 1 aliphatic heterocycles. The van der Waals surface area contributed by atoms with Crippen molar-refractivity contribution < 1.29 is 8.42 Å². The molecule has 1 aliphatic rings. The van der Waals surface area contributed by atoms with Crippen LogP contribution in [0, 0.1) is 5.92 Å². The predicted molar refractivity (Wildman–Crippen MR) is 59.1 cm³/mol. The first-order chi connectivity index (χ1) is 7.13. The quantitative estimate of drug-likeness (QED) is 0.788. The van der Waals surface area contributed by atoms with Gasteiger partial charge in [-0.3, -0.25) is 0 Å². The van der Waals surface area contributed by atoms with Crippen LogP contribution in [0.2, 0.25) is 0 Å². The molecule has 1 N–H and O–H groups in total. The molecule has 0 fully saturated rings. The summed E-state index contributed by atoms with van der Waals surface area (Å²) in [6, 6.07) is 7.25. The zero-order valence-corrected chi connectivity index (χ0v) is 9.55. The lowest BCUT2D eigenvalue weighted by Gasteiger charge is -2.09. The maximum absolute atomic E-state index is 11.8. The molecule has 1 aromatic rings. The van der Waals surface area contributed by atoms with Gasteiger partial charge in [-0.2, -0.15) is 0 Å². The minimum Gasteiger partial charge on any atom is -0.211 e. The highest BCUT2D eigenvalue weighted by molar-refractivity contribution is 7.89. The largest absolute Gasteiger partial charge is 0.240 e. The van der Waals surface area contributed by atoms with Crippen LogP contribution < -0.4 is 4.72 Å². The van der Waals surface area contributed by atoms with Crippen molar-refractivity contribution >= 4 is 10.0 Å². The first-order valence-electron chi connectivity index (χ1n) is 5.21. The SMILES string of the molecule is CC[C@H]1CNS(=O)(=O)c2ccccc2C1. The van der Waals surface area contributed by atoms with Crippen molar-refractivity contribution in [1.29, 1.82) is 0 Å². The van der Waals surface area contributed by atoms with E-state index in [-0.39, 0.29) is 0 Å². The average molecular weight is 225 g/mol. The second-order valence-electron chi connectivity index (χ2n) is 3.94. The molecule has 0 unspecified atom stereocenters. The number of fused-ring (bicyclic) bond motifs is 1. The van der Waals surface area contributed by atoms with Gasteiger partial charge in [0.1, 0.15) is 0 Å². The fourth-order valence-corrected chi connectivity index (χ4v) is 3.28. The van der Waals surface area contributed by atoms with Crippen molar-refractivity contribution in [1.82, 2.24) is 4.72 Å². The Morgan fingerprint density at radius 3 is 2.87 bits per heavy atom. The molecule has 1 heterocycles. The zero-order chi connectivity index (χ0) is 10.9. The van der Waals surface area contributed by atoms with Crippen LogP contribution in [0.1, 0.15) is 18.9 Å². The van der Waals surface area contributed by atoms with Gasteiger partial charge in [0, 0.05) is 6.54 Å². The second-order valence-corrected chi connectivity index (χ2v) is 5.67. The van der Waals surface area contributed by atoms with Crippen LogP contribution in [0.25, 0.3) is 0 Å². The Morgan fingerprint density at radius 2 is 2.13 bits per heavy atom. The van der Waals surface area contributed by atoms with Crippen molar-refractivity contribution in [2.24, 2.45) is 5.92 Å². The number of hydrogen-bond acceptors (Lipinski definition) is 2. The Balaban J connectivity index is 2.50. The highest BCUT2D eigenvalue weighted by Gasteiger charge is 2.24. The lowest BCUT2D eigenvalue weighted by atomic mass is 9.97. The molecule has 1 atom stereocenters. The monoisotopic (exact) mass is 225 g/mol. The molecule has 3 nitrogen and oxygen atoms in total. The van der Waals surface area contributed by atoms with Crippen LogP contribution >= 0.6 is 0 Å². The Morgan fingerprint density at radius 1 is 1.40 bits per heavy atom. The van der Waals surface area contributed by atoms with Crippen molar-refractivity contribution in [3.8, 4) is 0 Å². The fraction of sp³-hybridized carbons (Fsp3) is 0.455. The van der Waals surface area contributed by atoms with E-state index in [1.165, 1.54) is 0 Å². The number of rotatable bonds is 1. The van der Waals surface area contributed by atoms with Crippen LogP contribution in [0.3, 0.4) is 0 Å². The van der Waals surface area contributed by atoms with Gasteiger partial charge >= 0.3 is 0 Å². The van der Waals surface area contributed by atoms with Crippen LogP contribution in [-0.4, -0.2) is 15.0 Å². The summed E-state index contributed by atoms with van der Waals surface area (Å²) >= 11 is 0. The number of sulfonamides is 1. The normalized spacial score (nSPS) is 24.2.